The van der Waals surface area contributed by atoms with Gasteiger partial charge in [-0.2, -0.15) is 0 Å². The van der Waals surface area contributed by atoms with Gasteiger partial charge in [0.1, 0.15) is 9.65 Å². The second-order valence-electron chi connectivity index (χ2n) is 2.25. The van der Waals surface area contributed by atoms with Crippen LogP contribution in [0.2, 0.25) is 0 Å². The molecule has 12 heavy (non-hydrogen) atoms. The van der Waals surface area contributed by atoms with Crippen molar-refractivity contribution in [3.8, 4) is 0 Å². The van der Waals surface area contributed by atoms with Gasteiger partial charge in [0.25, 0.3) is 0 Å². The molecule has 0 N–H and O–H groups in total. The van der Waals surface area contributed by atoms with E-state index in [1.54, 1.807) is 11.9 Å². The number of nitrogens with zero attached hydrogens (tertiary/aromatic N) is 1. The van der Waals surface area contributed by atoms with Gasteiger partial charge >= 0.3 is 0 Å². The third kappa shape index (κ3) is 3.94. The Hall–Kier alpha value is 0.500. The standard InChI is InChI=1S/C7H10Cl3NS/c1-3-4-5(12)11(2)7(10)6(8)9/h3-4H2,1-2H3. The van der Waals surface area contributed by atoms with Crippen molar-refractivity contribution < 1.29 is 0 Å². The molecule has 0 aliphatic carbocycles. The number of thiocarbonyl (C=S) groups is 1. The van der Waals surface area contributed by atoms with E-state index in [1.807, 2.05) is 6.92 Å². The third-order valence-electron chi connectivity index (χ3n) is 1.29. The molecule has 0 aliphatic rings. The molecule has 0 spiro atoms. The first kappa shape index (κ1) is 12.5. The van der Waals surface area contributed by atoms with Gasteiger partial charge in [0, 0.05) is 7.05 Å². The molecule has 0 unspecified atom stereocenters. The first-order valence-electron chi connectivity index (χ1n) is 3.48. The van der Waals surface area contributed by atoms with Gasteiger partial charge in [-0.1, -0.05) is 53.9 Å². The van der Waals surface area contributed by atoms with Crippen LogP contribution in [0.4, 0.5) is 0 Å². The summed E-state index contributed by atoms with van der Waals surface area (Å²) in [6, 6.07) is 0. The molecule has 0 heterocycles. The summed E-state index contributed by atoms with van der Waals surface area (Å²) in [7, 11) is 1.74. The van der Waals surface area contributed by atoms with E-state index in [4.69, 9.17) is 47.0 Å². The Balaban J connectivity index is 4.30. The normalized spacial score (nSPS) is 9.42. The van der Waals surface area contributed by atoms with Gasteiger partial charge in [-0.25, -0.2) is 0 Å². The van der Waals surface area contributed by atoms with Gasteiger partial charge in [-0.05, 0) is 12.8 Å². The summed E-state index contributed by atoms with van der Waals surface area (Å²) >= 11 is 21.8. The maximum Gasteiger partial charge on any atom is 0.142 e. The molecule has 0 fully saturated rings. The van der Waals surface area contributed by atoms with Crippen molar-refractivity contribution in [2.24, 2.45) is 0 Å². The minimum Gasteiger partial charge on any atom is -0.328 e. The Morgan fingerprint density at radius 2 is 1.83 bits per heavy atom. The lowest BCUT2D eigenvalue weighted by Crippen LogP contribution is -2.21. The molecule has 0 rings (SSSR count). The van der Waals surface area contributed by atoms with Crippen LogP contribution in [0.15, 0.2) is 9.65 Å². The van der Waals surface area contributed by atoms with E-state index >= 15 is 0 Å². The fourth-order valence-electron chi connectivity index (χ4n) is 0.618. The van der Waals surface area contributed by atoms with Crippen LogP contribution in [-0.2, 0) is 0 Å². The molecule has 0 aromatic rings. The number of halogens is 3. The van der Waals surface area contributed by atoms with Gasteiger partial charge < -0.3 is 4.90 Å². The van der Waals surface area contributed by atoms with Crippen molar-refractivity contribution in [2.45, 2.75) is 19.8 Å². The average molecular weight is 247 g/mol. The summed E-state index contributed by atoms with van der Waals surface area (Å²) in [5.74, 6) is 0. The van der Waals surface area contributed by atoms with Crippen molar-refractivity contribution >= 4 is 52.0 Å². The second-order valence-corrected chi connectivity index (χ2v) is 4.03. The zero-order chi connectivity index (χ0) is 9.72. The molecule has 70 valence electrons. The Kier molecular flexibility index (Phi) is 6.28. The summed E-state index contributed by atoms with van der Waals surface area (Å²) in [6.07, 6.45) is 1.79. The highest BCUT2D eigenvalue weighted by Crippen LogP contribution is 2.21. The molecule has 0 amide bonds. The van der Waals surface area contributed by atoms with E-state index < -0.39 is 0 Å². The number of hydrogen-bond donors (Lipinski definition) is 0. The van der Waals surface area contributed by atoms with E-state index in [9.17, 15) is 0 Å². The minimum absolute atomic E-state index is 0.0395. The molecule has 0 aromatic carbocycles. The SMILES string of the molecule is CCCC(=S)N(C)C(Cl)=C(Cl)Cl. The minimum atomic E-state index is 0.0395. The number of hydrogen-bond acceptors (Lipinski definition) is 1. The first-order valence-corrected chi connectivity index (χ1v) is 5.02. The fraction of sp³-hybridized carbons (Fsp3) is 0.571. The van der Waals surface area contributed by atoms with Gasteiger partial charge in [0.05, 0.1) is 4.99 Å². The number of rotatable bonds is 3. The summed E-state index contributed by atoms with van der Waals surface area (Å²) < 4.78 is 0.0395. The Morgan fingerprint density at radius 1 is 1.33 bits per heavy atom. The fourth-order valence-corrected chi connectivity index (χ4v) is 1.32. The summed E-state index contributed by atoms with van der Waals surface area (Å²) in [5.41, 5.74) is 0. The highest BCUT2D eigenvalue weighted by molar-refractivity contribution is 7.80. The molecule has 0 radical (unpaired) electrons. The van der Waals surface area contributed by atoms with Crippen LogP contribution in [0.3, 0.4) is 0 Å². The Labute approximate surface area is 93.3 Å². The molecular weight excluding hydrogens is 237 g/mol. The van der Waals surface area contributed by atoms with Crippen LogP contribution >= 0.6 is 47.0 Å². The van der Waals surface area contributed by atoms with Crippen molar-refractivity contribution in [1.82, 2.24) is 4.90 Å². The van der Waals surface area contributed by atoms with Crippen LogP contribution in [0.25, 0.3) is 0 Å². The third-order valence-corrected chi connectivity index (χ3v) is 2.76. The highest BCUT2D eigenvalue weighted by atomic mass is 35.5. The van der Waals surface area contributed by atoms with E-state index in [0.29, 0.717) is 0 Å². The quantitative estimate of drug-likeness (QED) is 0.549. The monoisotopic (exact) mass is 245 g/mol. The second kappa shape index (κ2) is 6.03. The molecule has 0 atom stereocenters. The maximum atomic E-state index is 5.75. The summed E-state index contributed by atoms with van der Waals surface area (Å²) in [6.45, 7) is 2.04. The van der Waals surface area contributed by atoms with Crippen LogP contribution < -0.4 is 0 Å². The van der Waals surface area contributed by atoms with Crippen LogP contribution in [0.1, 0.15) is 19.8 Å². The lowest BCUT2D eigenvalue weighted by Gasteiger charge is -2.18. The molecule has 0 saturated carbocycles. The molecular formula is C7H10Cl3NS. The predicted molar refractivity (Wildman–Crippen MR) is 59.9 cm³/mol. The van der Waals surface area contributed by atoms with E-state index in [-0.39, 0.29) is 9.65 Å². The predicted octanol–water partition coefficient (Wildman–Crippen LogP) is 3.89. The molecule has 1 nitrogen and oxygen atoms in total. The van der Waals surface area contributed by atoms with Crippen LogP contribution in [0.5, 0.6) is 0 Å². The van der Waals surface area contributed by atoms with Gasteiger partial charge in [0.15, 0.2) is 0 Å². The van der Waals surface area contributed by atoms with Gasteiger partial charge in [-0.3, -0.25) is 0 Å². The van der Waals surface area contributed by atoms with E-state index in [2.05, 4.69) is 0 Å². The van der Waals surface area contributed by atoms with Crippen molar-refractivity contribution in [3.05, 3.63) is 9.65 Å². The lowest BCUT2D eigenvalue weighted by atomic mass is 10.3. The average Bonchev–Trinajstić information content (AvgIpc) is 2.02. The van der Waals surface area contributed by atoms with Crippen molar-refractivity contribution in [3.63, 3.8) is 0 Å². The largest absolute Gasteiger partial charge is 0.328 e. The zero-order valence-corrected chi connectivity index (χ0v) is 9.99. The van der Waals surface area contributed by atoms with Gasteiger partial charge in [0.2, 0.25) is 0 Å². The highest BCUT2D eigenvalue weighted by Gasteiger charge is 2.09. The zero-order valence-electron chi connectivity index (χ0n) is 6.90. The molecule has 5 heteroatoms. The molecule has 0 bridgehead atoms. The Bertz CT molecular complexity index is 199. The van der Waals surface area contributed by atoms with E-state index in [0.717, 1.165) is 17.8 Å². The Morgan fingerprint density at radius 3 is 2.17 bits per heavy atom. The summed E-state index contributed by atoms with van der Waals surface area (Å²) in [5, 5.41) is 0.275. The lowest BCUT2D eigenvalue weighted by molar-refractivity contribution is 0.658. The van der Waals surface area contributed by atoms with E-state index in [1.165, 1.54) is 0 Å². The molecule has 0 aliphatic heterocycles. The van der Waals surface area contributed by atoms with Crippen LogP contribution in [-0.4, -0.2) is 16.9 Å². The van der Waals surface area contributed by atoms with Crippen molar-refractivity contribution in [2.75, 3.05) is 7.05 Å². The van der Waals surface area contributed by atoms with Crippen LogP contribution in [0, 0.1) is 0 Å². The first-order chi connectivity index (χ1) is 5.50. The molecule has 0 aromatic heterocycles. The smallest absolute Gasteiger partial charge is 0.142 e. The topological polar surface area (TPSA) is 3.24 Å². The maximum absolute atomic E-state index is 5.75. The molecule has 0 saturated heterocycles. The summed E-state index contributed by atoms with van der Waals surface area (Å²) in [4.78, 5) is 2.34. The van der Waals surface area contributed by atoms with Crippen molar-refractivity contribution in [1.29, 1.82) is 0 Å². The van der Waals surface area contributed by atoms with Gasteiger partial charge in [-0.15, -0.1) is 0 Å².